The van der Waals surface area contributed by atoms with Crippen LogP contribution in [0, 0.1) is 11.3 Å². The van der Waals surface area contributed by atoms with Crippen LogP contribution in [-0.2, 0) is 38.4 Å². The number of thiazole rings is 1. The van der Waals surface area contributed by atoms with Gasteiger partial charge in [-0.1, -0.05) is 40.3 Å². The smallest absolute Gasteiger partial charge is 0.320 e. The van der Waals surface area contributed by atoms with E-state index in [-0.39, 0.29) is 47.7 Å². The van der Waals surface area contributed by atoms with E-state index in [0.717, 1.165) is 64.9 Å². The summed E-state index contributed by atoms with van der Waals surface area (Å²) in [6.07, 6.45) is 5.83. The maximum atomic E-state index is 14.1. The quantitative estimate of drug-likeness (QED) is 0.106. The molecule has 3 unspecified atom stereocenters. The van der Waals surface area contributed by atoms with Crippen molar-refractivity contribution in [2.75, 3.05) is 46.9 Å². The fourth-order valence-corrected chi connectivity index (χ4v) is 9.29. The number of carbonyl (C=O) groups is 3. The molecule has 2 aliphatic heterocycles. The number of amides is 4. The Morgan fingerprint density at radius 3 is 2.60 bits per heavy atom. The Morgan fingerprint density at radius 1 is 1.18 bits per heavy atom. The second-order valence-electron chi connectivity index (χ2n) is 17.2. The Balaban J connectivity index is 1.35. The van der Waals surface area contributed by atoms with Crippen LogP contribution in [0.2, 0.25) is 0 Å². The Hall–Kier alpha value is -4.83. The fraction of sp³-hybridized carbons (Fsp3) is 0.533. The summed E-state index contributed by atoms with van der Waals surface area (Å²) in [6, 6.07) is 8.57. The number of urea groups is 1. The molecular formula is C45H63N9O5S. The van der Waals surface area contributed by atoms with Crippen molar-refractivity contribution in [2.24, 2.45) is 17.1 Å². The molecule has 0 bridgehead atoms. The normalized spacial score (nSPS) is 16.4. The number of fused-ring (bicyclic) bond motifs is 1. The van der Waals surface area contributed by atoms with E-state index in [2.05, 4.69) is 66.9 Å². The van der Waals surface area contributed by atoms with E-state index in [0.29, 0.717) is 37.8 Å². The number of hydrogen-bond donors (Lipinski definition) is 3. The van der Waals surface area contributed by atoms with E-state index in [1.165, 1.54) is 28.1 Å². The summed E-state index contributed by atoms with van der Waals surface area (Å²) in [4.78, 5) is 54.5. The van der Waals surface area contributed by atoms with Gasteiger partial charge in [0.1, 0.15) is 12.1 Å². The van der Waals surface area contributed by atoms with Crippen molar-refractivity contribution in [3.63, 3.8) is 0 Å². The minimum atomic E-state index is -0.900. The first-order chi connectivity index (χ1) is 28.7. The number of aromatic nitrogens is 3. The number of likely N-dealkylation sites (N-methyl/N-ethyl adjacent to an activating group) is 1. The molecule has 0 saturated carbocycles. The second kappa shape index (κ2) is 19.3. The van der Waals surface area contributed by atoms with Gasteiger partial charge in [0.05, 0.1) is 41.1 Å². The van der Waals surface area contributed by atoms with Crippen molar-refractivity contribution in [3.8, 4) is 22.5 Å². The number of hydrogen-bond acceptors (Lipinski definition) is 10. The van der Waals surface area contributed by atoms with Crippen molar-refractivity contribution in [1.29, 1.82) is 0 Å². The zero-order valence-electron chi connectivity index (χ0n) is 36.5. The minimum absolute atomic E-state index is 0.0607. The number of nitrogens with two attached hydrogens (primary N) is 1. The molecule has 2 fully saturated rings. The lowest BCUT2D eigenvalue weighted by atomic mass is 9.84. The predicted molar refractivity (Wildman–Crippen MR) is 237 cm³/mol. The van der Waals surface area contributed by atoms with Crippen molar-refractivity contribution >= 4 is 40.1 Å². The van der Waals surface area contributed by atoms with Crippen LogP contribution in [0.5, 0.6) is 0 Å². The Morgan fingerprint density at radius 2 is 1.95 bits per heavy atom. The number of aryl methyl sites for hydroxylation is 1. The molecule has 3 atom stereocenters. The van der Waals surface area contributed by atoms with Crippen LogP contribution in [0.1, 0.15) is 76.8 Å². The molecule has 3 aromatic heterocycles. The van der Waals surface area contributed by atoms with Gasteiger partial charge in [-0.2, -0.15) is 0 Å². The number of methoxy groups -OCH3 is 1. The Labute approximate surface area is 358 Å². The van der Waals surface area contributed by atoms with E-state index in [9.17, 15) is 14.4 Å². The SMILES string of the molecule is C=COCC(C)(C)Cc1c(-c2cccnc2C(C)OC)n(CC)c2ccc(-c3csc(CC(NC(=O)C(C(C)C)N(C)C(=O)N4CC(N)C4)C(=O)N4CCCCN4)n3)cc12. The summed E-state index contributed by atoms with van der Waals surface area (Å²) in [6.45, 7) is 19.5. The van der Waals surface area contributed by atoms with Gasteiger partial charge in [-0.25, -0.2) is 15.2 Å². The number of ether oxygens (including phenoxy) is 2. The van der Waals surface area contributed by atoms with Crippen molar-refractivity contribution in [1.82, 2.24) is 40.1 Å². The third-order valence-corrected chi connectivity index (χ3v) is 12.5. The highest BCUT2D eigenvalue weighted by atomic mass is 32.1. The highest BCUT2D eigenvalue weighted by molar-refractivity contribution is 7.10. The van der Waals surface area contributed by atoms with Gasteiger partial charge in [-0.05, 0) is 68.9 Å². The van der Waals surface area contributed by atoms with Crippen LogP contribution in [-0.4, -0.2) is 112 Å². The fourth-order valence-electron chi connectivity index (χ4n) is 8.44. The van der Waals surface area contributed by atoms with Gasteiger partial charge in [-0.15, -0.1) is 11.3 Å². The maximum absolute atomic E-state index is 14.1. The average Bonchev–Trinajstić information content (AvgIpc) is 3.82. The van der Waals surface area contributed by atoms with Crippen LogP contribution >= 0.6 is 11.3 Å². The highest BCUT2D eigenvalue weighted by Crippen LogP contribution is 2.42. The number of hydrazine groups is 1. The summed E-state index contributed by atoms with van der Waals surface area (Å²) < 4.78 is 13.9. The van der Waals surface area contributed by atoms with Gasteiger partial charge in [-0.3, -0.25) is 19.6 Å². The highest BCUT2D eigenvalue weighted by Gasteiger charge is 2.38. The first kappa shape index (κ1) is 44.7. The van der Waals surface area contributed by atoms with Gasteiger partial charge in [0.15, 0.2) is 0 Å². The zero-order chi connectivity index (χ0) is 43.3. The third kappa shape index (κ3) is 9.70. The zero-order valence-corrected chi connectivity index (χ0v) is 37.3. The van der Waals surface area contributed by atoms with E-state index in [1.54, 1.807) is 24.1 Å². The number of likely N-dealkylation sites (tertiary alicyclic amines) is 1. The molecule has 0 aliphatic carbocycles. The standard InChI is InChI=1S/C45H63N9O5S/c1-10-53-37-17-16-30(21-33(37)34(23-45(6,7)27-59-11-2)41(53)32-15-14-18-47-39(32)29(5)58-9)36-26-60-38(49-36)22-35(43(56)54-20-13-12-19-48-54)50-42(55)40(28(3)4)51(8)44(57)52-24-31(46)25-52/h11,14-18,21,26,28-29,31,35,40,48H,2,10,12-13,19-20,22-25,27,46H2,1,3-9H3,(H,50,55). The van der Waals surface area contributed by atoms with Crippen LogP contribution in [0.15, 0.2) is 54.7 Å². The van der Waals surface area contributed by atoms with Gasteiger partial charge in [0.25, 0.3) is 5.91 Å². The molecule has 4 amide bonds. The average molecular weight is 842 g/mol. The second-order valence-corrected chi connectivity index (χ2v) is 18.1. The Kier molecular flexibility index (Phi) is 14.4. The molecule has 60 heavy (non-hydrogen) atoms. The number of carbonyl (C=O) groups excluding carboxylic acids is 3. The molecule has 5 heterocycles. The molecule has 1 aromatic carbocycles. The molecule has 0 spiro atoms. The first-order valence-corrected chi connectivity index (χ1v) is 22.0. The lowest BCUT2D eigenvalue weighted by molar-refractivity contribution is -0.141. The lowest BCUT2D eigenvalue weighted by Crippen LogP contribution is -2.64. The molecule has 4 N–H and O–H groups in total. The predicted octanol–water partition coefficient (Wildman–Crippen LogP) is 6.16. The minimum Gasteiger partial charge on any atom is -0.501 e. The van der Waals surface area contributed by atoms with E-state index < -0.39 is 12.1 Å². The topological polar surface area (TPSA) is 160 Å². The number of nitrogens with zero attached hydrogens (tertiary/aromatic N) is 6. The van der Waals surface area contributed by atoms with Gasteiger partial charge >= 0.3 is 6.03 Å². The molecule has 2 saturated heterocycles. The molecule has 6 rings (SSSR count). The molecule has 4 aromatic rings. The van der Waals surface area contributed by atoms with Crippen molar-refractivity contribution in [2.45, 2.75) is 98.0 Å². The molecule has 2 aliphatic rings. The van der Waals surface area contributed by atoms with Crippen LogP contribution in [0.4, 0.5) is 4.79 Å². The Bertz CT molecular complexity index is 2150. The third-order valence-electron chi connectivity index (χ3n) is 11.6. The molecular weight excluding hydrogens is 779 g/mol. The number of pyridine rings is 1. The summed E-state index contributed by atoms with van der Waals surface area (Å²) in [5, 5.41) is 8.50. The first-order valence-electron chi connectivity index (χ1n) is 21.1. The molecule has 324 valence electrons. The van der Waals surface area contributed by atoms with Crippen LogP contribution in [0.3, 0.4) is 0 Å². The number of rotatable bonds is 17. The maximum Gasteiger partial charge on any atom is 0.320 e. The largest absolute Gasteiger partial charge is 0.501 e. The summed E-state index contributed by atoms with van der Waals surface area (Å²) in [5.41, 5.74) is 15.9. The molecule has 14 nitrogen and oxygen atoms in total. The number of nitrogens with one attached hydrogen (secondary N) is 2. The summed E-state index contributed by atoms with van der Waals surface area (Å²) in [5.74, 6) is -0.824. The number of benzene rings is 1. The molecule has 0 radical (unpaired) electrons. The van der Waals surface area contributed by atoms with E-state index in [1.807, 2.05) is 38.4 Å². The molecule has 15 heteroatoms. The van der Waals surface area contributed by atoms with Crippen molar-refractivity contribution in [3.05, 3.63) is 71.0 Å². The van der Waals surface area contributed by atoms with Crippen LogP contribution in [0.25, 0.3) is 33.4 Å². The van der Waals surface area contributed by atoms with Gasteiger partial charge in [0.2, 0.25) is 5.91 Å². The van der Waals surface area contributed by atoms with Gasteiger partial charge < -0.3 is 34.9 Å². The van der Waals surface area contributed by atoms with Crippen molar-refractivity contribution < 1.29 is 23.9 Å². The summed E-state index contributed by atoms with van der Waals surface area (Å²) >= 11 is 1.46. The lowest BCUT2D eigenvalue weighted by Gasteiger charge is -2.42. The van der Waals surface area contributed by atoms with Gasteiger partial charge in [0, 0.05) is 98.4 Å². The van der Waals surface area contributed by atoms with E-state index in [4.69, 9.17) is 25.2 Å². The van der Waals surface area contributed by atoms with Crippen LogP contribution < -0.4 is 16.5 Å². The van der Waals surface area contributed by atoms with E-state index >= 15 is 0 Å². The summed E-state index contributed by atoms with van der Waals surface area (Å²) in [7, 11) is 3.34. The monoisotopic (exact) mass is 841 g/mol.